The van der Waals surface area contributed by atoms with Gasteiger partial charge in [0.1, 0.15) is 5.82 Å². The lowest BCUT2D eigenvalue weighted by atomic mass is 10.2. The van der Waals surface area contributed by atoms with E-state index in [9.17, 15) is 17.6 Å². The Bertz CT molecular complexity index is 1080. The van der Waals surface area contributed by atoms with E-state index in [0.29, 0.717) is 10.8 Å². The van der Waals surface area contributed by atoms with E-state index in [1.54, 1.807) is 17.5 Å². The molecule has 6 nitrogen and oxygen atoms in total. The number of benzene rings is 2. The molecule has 0 saturated heterocycles. The van der Waals surface area contributed by atoms with Crippen LogP contribution < -0.4 is 5.32 Å². The third kappa shape index (κ3) is 4.21. The van der Waals surface area contributed by atoms with Gasteiger partial charge in [-0.2, -0.15) is 0 Å². The first-order valence-corrected chi connectivity index (χ1v) is 10.1. The summed E-state index contributed by atoms with van der Waals surface area (Å²) >= 11 is 1.22. The molecule has 27 heavy (non-hydrogen) atoms. The number of sulfonamides is 1. The molecule has 0 atom stereocenters. The summed E-state index contributed by atoms with van der Waals surface area (Å²) in [5, 5.41) is 4.74. The Morgan fingerprint density at radius 1 is 1.15 bits per heavy atom. The Balaban J connectivity index is 1.77. The summed E-state index contributed by atoms with van der Waals surface area (Å²) in [6, 6.07) is 11.7. The quantitative estimate of drug-likeness (QED) is 0.705. The standard InChI is InChI=1S/C18H16FN3O3S2/c1-22(2)27(24,25)15-8-6-12(7-9-15)16-11-26-18(20-16)21-17(23)13-4-3-5-14(19)10-13/h3-11H,1-2H3,(H,20,21,23). The lowest BCUT2D eigenvalue weighted by molar-refractivity contribution is 0.102. The molecule has 1 N–H and O–H groups in total. The molecule has 3 rings (SSSR count). The molecule has 1 aromatic heterocycles. The molecular weight excluding hydrogens is 389 g/mol. The largest absolute Gasteiger partial charge is 0.298 e. The molecule has 0 aliphatic rings. The first-order chi connectivity index (χ1) is 12.8. The smallest absolute Gasteiger partial charge is 0.257 e. The van der Waals surface area contributed by atoms with Crippen LogP contribution in [0.15, 0.2) is 58.8 Å². The maximum absolute atomic E-state index is 13.2. The Hall–Kier alpha value is -2.62. The molecule has 1 amide bonds. The van der Waals surface area contributed by atoms with Crippen molar-refractivity contribution in [3.63, 3.8) is 0 Å². The molecule has 0 radical (unpaired) electrons. The molecule has 0 aliphatic carbocycles. The molecule has 0 bridgehead atoms. The number of thiazole rings is 1. The number of amides is 1. The van der Waals surface area contributed by atoms with Gasteiger partial charge in [0.05, 0.1) is 10.6 Å². The summed E-state index contributed by atoms with van der Waals surface area (Å²) in [5.41, 5.74) is 1.52. The predicted molar refractivity (Wildman–Crippen MR) is 103 cm³/mol. The summed E-state index contributed by atoms with van der Waals surface area (Å²) in [5.74, 6) is -0.946. The summed E-state index contributed by atoms with van der Waals surface area (Å²) in [7, 11) is -0.554. The highest BCUT2D eigenvalue weighted by atomic mass is 32.2. The fourth-order valence-electron chi connectivity index (χ4n) is 2.27. The van der Waals surface area contributed by atoms with Crippen molar-refractivity contribution in [2.45, 2.75) is 4.90 Å². The minimum Gasteiger partial charge on any atom is -0.298 e. The molecule has 0 aliphatic heterocycles. The summed E-state index contributed by atoms with van der Waals surface area (Å²) in [6.45, 7) is 0. The van der Waals surface area contributed by atoms with Gasteiger partial charge in [0.15, 0.2) is 5.13 Å². The first kappa shape index (κ1) is 19.2. The number of carbonyl (C=O) groups excluding carboxylic acids is 1. The van der Waals surface area contributed by atoms with Gasteiger partial charge in [-0.1, -0.05) is 18.2 Å². The number of nitrogens with zero attached hydrogens (tertiary/aromatic N) is 2. The van der Waals surface area contributed by atoms with Gasteiger partial charge in [0.25, 0.3) is 5.91 Å². The van der Waals surface area contributed by atoms with Crippen LogP contribution in [0.2, 0.25) is 0 Å². The molecule has 9 heteroatoms. The lowest BCUT2D eigenvalue weighted by Gasteiger charge is -2.11. The number of anilines is 1. The zero-order valence-corrected chi connectivity index (χ0v) is 16.1. The number of aromatic nitrogens is 1. The van der Waals surface area contributed by atoms with E-state index in [-0.39, 0.29) is 10.5 Å². The van der Waals surface area contributed by atoms with Gasteiger partial charge in [-0.3, -0.25) is 10.1 Å². The minimum atomic E-state index is -3.49. The van der Waals surface area contributed by atoms with Crippen molar-refractivity contribution in [2.75, 3.05) is 19.4 Å². The zero-order chi connectivity index (χ0) is 19.6. The average Bonchev–Trinajstić information content (AvgIpc) is 3.10. The summed E-state index contributed by atoms with van der Waals surface area (Å²) in [6.07, 6.45) is 0. The minimum absolute atomic E-state index is 0.186. The monoisotopic (exact) mass is 405 g/mol. The van der Waals surface area contributed by atoms with Crippen LogP contribution in [0.1, 0.15) is 10.4 Å². The second-order valence-electron chi connectivity index (χ2n) is 5.81. The van der Waals surface area contributed by atoms with Gasteiger partial charge in [0.2, 0.25) is 10.0 Å². The van der Waals surface area contributed by atoms with Crippen LogP contribution in [0.5, 0.6) is 0 Å². The second kappa shape index (κ2) is 7.55. The highest BCUT2D eigenvalue weighted by molar-refractivity contribution is 7.89. The Labute approximate surface area is 160 Å². The van der Waals surface area contributed by atoms with E-state index in [1.165, 1.54) is 55.8 Å². The average molecular weight is 405 g/mol. The number of carbonyl (C=O) groups is 1. The van der Waals surface area contributed by atoms with E-state index >= 15 is 0 Å². The van der Waals surface area contributed by atoms with Gasteiger partial charge in [-0.05, 0) is 30.3 Å². The van der Waals surface area contributed by atoms with E-state index < -0.39 is 21.7 Å². The fourth-order valence-corrected chi connectivity index (χ4v) is 3.89. The van der Waals surface area contributed by atoms with Crippen LogP contribution in [0, 0.1) is 5.82 Å². The van der Waals surface area contributed by atoms with E-state index in [4.69, 9.17) is 0 Å². The summed E-state index contributed by atoms with van der Waals surface area (Å²) in [4.78, 5) is 16.7. The third-order valence-corrected chi connectivity index (χ3v) is 6.33. The lowest BCUT2D eigenvalue weighted by Crippen LogP contribution is -2.22. The normalized spacial score (nSPS) is 11.6. The van der Waals surface area contributed by atoms with Gasteiger partial charge >= 0.3 is 0 Å². The van der Waals surface area contributed by atoms with Gasteiger partial charge in [-0.15, -0.1) is 11.3 Å². The predicted octanol–water partition coefficient (Wildman–Crippen LogP) is 3.45. The van der Waals surface area contributed by atoms with Crippen LogP contribution >= 0.6 is 11.3 Å². The summed E-state index contributed by atoms with van der Waals surface area (Å²) < 4.78 is 38.6. The van der Waals surface area contributed by atoms with Crippen molar-refractivity contribution in [3.8, 4) is 11.3 Å². The molecule has 140 valence electrons. The van der Waals surface area contributed by atoms with Crippen molar-refractivity contribution >= 4 is 32.4 Å². The maximum Gasteiger partial charge on any atom is 0.257 e. The van der Waals surface area contributed by atoms with Gasteiger partial charge in [0, 0.05) is 30.6 Å². The van der Waals surface area contributed by atoms with Crippen LogP contribution in [0.3, 0.4) is 0 Å². The third-order valence-electron chi connectivity index (χ3n) is 3.74. The molecule has 2 aromatic carbocycles. The van der Waals surface area contributed by atoms with Crippen molar-refractivity contribution in [3.05, 3.63) is 65.3 Å². The Morgan fingerprint density at radius 2 is 1.85 bits per heavy atom. The van der Waals surface area contributed by atoms with E-state index in [2.05, 4.69) is 10.3 Å². The van der Waals surface area contributed by atoms with Crippen molar-refractivity contribution in [2.24, 2.45) is 0 Å². The van der Waals surface area contributed by atoms with Crippen molar-refractivity contribution in [1.29, 1.82) is 0 Å². The van der Waals surface area contributed by atoms with Crippen LogP contribution in [0.25, 0.3) is 11.3 Å². The van der Waals surface area contributed by atoms with Gasteiger partial charge in [-0.25, -0.2) is 22.1 Å². The van der Waals surface area contributed by atoms with E-state index in [1.807, 2.05) is 0 Å². The number of rotatable bonds is 5. The van der Waals surface area contributed by atoms with Crippen molar-refractivity contribution < 1.29 is 17.6 Å². The SMILES string of the molecule is CN(C)S(=O)(=O)c1ccc(-c2csc(NC(=O)c3cccc(F)c3)n2)cc1. The number of hydrogen-bond acceptors (Lipinski definition) is 5. The zero-order valence-electron chi connectivity index (χ0n) is 14.5. The molecule has 0 unspecified atom stereocenters. The highest BCUT2D eigenvalue weighted by Crippen LogP contribution is 2.26. The van der Waals surface area contributed by atoms with Crippen molar-refractivity contribution in [1.82, 2.24) is 9.29 Å². The second-order valence-corrected chi connectivity index (χ2v) is 8.82. The number of halogens is 1. The Morgan fingerprint density at radius 3 is 2.48 bits per heavy atom. The van der Waals surface area contributed by atoms with Crippen LogP contribution in [-0.4, -0.2) is 37.7 Å². The number of hydrogen-bond donors (Lipinski definition) is 1. The van der Waals surface area contributed by atoms with Gasteiger partial charge < -0.3 is 0 Å². The van der Waals surface area contributed by atoms with E-state index in [0.717, 1.165) is 15.9 Å². The molecule has 0 saturated carbocycles. The Kier molecular flexibility index (Phi) is 5.36. The maximum atomic E-state index is 13.2. The van der Waals surface area contributed by atoms with Crippen LogP contribution in [0.4, 0.5) is 9.52 Å². The molecular formula is C18H16FN3O3S2. The molecule has 0 fully saturated rings. The highest BCUT2D eigenvalue weighted by Gasteiger charge is 2.17. The molecule has 1 heterocycles. The van der Waals surface area contributed by atoms with Crippen LogP contribution in [-0.2, 0) is 10.0 Å². The molecule has 3 aromatic rings. The fraction of sp³-hybridized carbons (Fsp3) is 0.111. The first-order valence-electron chi connectivity index (χ1n) is 7.83. The topological polar surface area (TPSA) is 79.4 Å². The molecule has 0 spiro atoms. The number of nitrogens with one attached hydrogen (secondary N) is 1.